The van der Waals surface area contributed by atoms with E-state index in [2.05, 4.69) is 5.32 Å². The third-order valence-electron chi connectivity index (χ3n) is 4.06. The van der Waals surface area contributed by atoms with Crippen molar-refractivity contribution < 1.29 is 13.2 Å². The van der Waals surface area contributed by atoms with Crippen LogP contribution in [0.5, 0.6) is 0 Å². The van der Waals surface area contributed by atoms with Crippen molar-refractivity contribution in [3.8, 4) is 0 Å². The van der Waals surface area contributed by atoms with Crippen LogP contribution in [0.15, 0.2) is 16.3 Å². The molecule has 1 aliphatic heterocycles. The normalized spacial score (nSPS) is 21.4. The number of carbonyl (C=O) groups is 1. The summed E-state index contributed by atoms with van der Waals surface area (Å²) in [6, 6.07) is 3.86. The van der Waals surface area contributed by atoms with E-state index in [0.717, 1.165) is 17.7 Å². The Kier molecular flexibility index (Phi) is 4.07. The molecule has 0 atom stereocenters. The van der Waals surface area contributed by atoms with Gasteiger partial charge in [-0.05, 0) is 44.7 Å². The molecule has 2 fully saturated rings. The summed E-state index contributed by atoms with van der Waals surface area (Å²) in [7, 11) is -3.38. The van der Waals surface area contributed by atoms with Crippen LogP contribution in [0.1, 0.15) is 30.6 Å². The first kappa shape index (κ1) is 15.0. The first-order valence-electron chi connectivity index (χ1n) is 7.34. The second-order valence-corrected chi connectivity index (χ2v) is 9.28. The van der Waals surface area contributed by atoms with Crippen molar-refractivity contribution in [2.24, 2.45) is 5.92 Å². The van der Waals surface area contributed by atoms with Gasteiger partial charge in [0, 0.05) is 29.9 Å². The molecule has 1 saturated heterocycles. The van der Waals surface area contributed by atoms with E-state index in [4.69, 9.17) is 0 Å². The van der Waals surface area contributed by atoms with E-state index in [1.165, 1.54) is 15.6 Å². The van der Waals surface area contributed by atoms with Crippen LogP contribution in [0.3, 0.4) is 0 Å². The molecule has 2 heterocycles. The fourth-order valence-electron chi connectivity index (χ4n) is 2.58. The summed E-state index contributed by atoms with van der Waals surface area (Å²) >= 11 is 1.30. The number of nitrogens with one attached hydrogen (secondary N) is 1. The van der Waals surface area contributed by atoms with Crippen molar-refractivity contribution in [3.05, 3.63) is 17.0 Å². The topological polar surface area (TPSA) is 66.5 Å². The number of hydrogen-bond acceptors (Lipinski definition) is 4. The Morgan fingerprint density at radius 2 is 1.90 bits per heavy atom. The van der Waals surface area contributed by atoms with Gasteiger partial charge in [0.05, 0.1) is 0 Å². The summed E-state index contributed by atoms with van der Waals surface area (Å²) in [5.41, 5.74) is 0. The monoisotopic (exact) mass is 328 g/mol. The van der Waals surface area contributed by atoms with Crippen LogP contribution in [-0.4, -0.2) is 37.8 Å². The lowest BCUT2D eigenvalue weighted by Gasteiger charge is -2.30. The van der Waals surface area contributed by atoms with Gasteiger partial charge in [-0.25, -0.2) is 8.42 Å². The molecule has 0 unspecified atom stereocenters. The molecule has 116 valence electrons. The molecular weight excluding hydrogens is 308 g/mol. The lowest BCUT2D eigenvalue weighted by atomic mass is 9.97. The summed E-state index contributed by atoms with van der Waals surface area (Å²) in [6.45, 7) is 2.77. The zero-order chi connectivity index (χ0) is 15.0. The minimum atomic E-state index is -3.38. The molecule has 0 bridgehead atoms. The van der Waals surface area contributed by atoms with Crippen LogP contribution in [0.4, 0.5) is 0 Å². The molecule has 1 aromatic heterocycles. The number of aryl methyl sites for hydroxylation is 1. The Morgan fingerprint density at radius 1 is 1.24 bits per heavy atom. The molecule has 5 nitrogen and oxygen atoms in total. The third-order valence-corrected chi connectivity index (χ3v) is 7.43. The van der Waals surface area contributed by atoms with Crippen molar-refractivity contribution >= 4 is 27.3 Å². The van der Waals surface area contributed by atoms with Crippen LogP contribution in [0.25, 0.3) is 0 Å². The van der Waals surface area contributed by atoms with Crippen molar-refractivity contribution in [3.63, 3.8) is 0 Å². The van der Waals surface area contributed by atoms with Gasteiger partial charge in [-0.3, -0.25) is 4.79 Å². The highest BCUT2D eigenvalue weighted by molar-refractivity contribution is 7.91. The van der Waals surface area contributed by atoms with Crippen LogP contribution in [0.2, 0.25) is 0 Å². The van der Waals surface area contributed by atoms with Gasteiger partial charge in [0.2, 0.25) is 5.91 Å². The van der Waals surface area contributed by atoms with Crippen molar-refractivity contribution in [1.29, 1.82) is 0 Å². The summed E-state index contributed by atoms with van der Waals surface area (Å²) in [4.78, 5) is 13.0. The predicted octanol–water partition coefficient (Wildman–Crippen LogP) is 1.74. The van der Waals surface area contributed by atoms with E-state index < -0.39 is 10.0 Å². The van der Waals surface area contributed by atoms with Gasteiger partial charge < -0.3 is 5.32 Å². The molecule has 2 aliphatic rings. The predicted molar refractivity (Wildman–Crippen MR) is 81.7 cm³/mol. The second kappa shape index (κ2) is 5.70. The molecular formula is C14H20N2O3S2. The molecule has 7 heteroatoms. The molecule has 1 saturated carbocycles. The van der Waals surface area contributed by atoms with E-state index >= 15 is 0 Å². The largest absolute Gasteiger partial charge is 0.353 e. The molecule has 1 N–H and O–H groups in total. The van der Waals surface area contributed by atoms with E-state index in [9.17, 15) is 13.2 Å². The Bertz CT molecular complexity index is 626. The van der Waals surface area contributed by atoms with E-state index in [0.29, 0.717) is 36.2 Å². The summed E-state index contributed by atoms with van der Waals surface area (Å²) in [5.74, 6) is 0.0589. The summed E-state index contributed by atoms with van der Waals surface area (Å²) < 4.78 is 26.9. The maximum absolute atomic E-state index is 12.5. The van der Waals surface area contributed by atoms with Crippen LogP contribution in [0, 0.1) is 12.8 Å². The molecule has 0 spiro atoms. The van der Waals surface area contributed by atoms with Crippen LogP contribution in [-0.2, 0) is 14.8 Å². The number of hydrogen-bond donors (Lipinski definition) is 1. The Balaban J connectivity index is 1.61. The number of nitrogens with zero attached hydrogens (tertiary/aromatic N) is 1. The Hall–Kier alpha value is -0.920. The van der Waals surface area contributed by atoms with Crippen molar-refractivity contribution in [2.45, 2.75) is 42.9 Å². The summed E-state index contributed by atoms with van der Waals surface area (Å²) in [6.07, 6.45) is 3.39. The molecule has 0 aromatic carbocycles. The van der Waals surface area contributed by atoms with E-state index in [1.54, 1.807) is 6.07 Å². The molecule has 1 aromatic rings. The number of carbonyl (C=O) groups excluding carboxylic acids is 1. The van der Waals surface area contributed by atoms with Gasteiger partial charge in [-0.1, -0.05) is 0 Å². The van der Waals surface area contributed by atoms with Crippen molar-refractivity contribution in [1.82, 2.24) is 9.62 Å². The molecule has 1 amide bonds. The van der Waals surface area contributed by atoms with Crippen LogP contribution < -0.4 is 5.32 Å². The maximum atomic E-state index is 12.5. The maximum Gasteiger partial charge on any atom is 0.252 e. The lowest BCUT2D eigenvalue weighted by molar-refractivity contribution is -0.126. The van der Waals surface area contributed by atoms with E-state index in [-0.39, 0.29) is 11.8 Å². The van der Waals surface area contributed by atoms with Gasteiger partial charge in [0.25, 0.3) is 10.0 Å². The minimum absolute atomic E-state index is 0.0397. The van der Waals surface area contributed by atoms with Gasteiger partial charge in [-0.2, -0.15) is 4.31 Å². The third kappa shape index (κ3) is 3.30. The molecule has 0 radical (unpaired) electrons. The molecule has 21 heavy (non-hydrogen) atoms. The zero-order valence-electron chi connectivity index (χ0n) is 12.0. The first-order chi connectivity index (χ1) is 9.96. The SMILES string of the molecule is Cc1ccc(S(=O)(=O)N2CCC(C(=O)NC3CC3)CC2)s1. The number of sulfonamides is 1. The van der Waals surface area contributed by atoms with Gasteiger partial charge >= 0.3 is 0 Å². The number of rotatable bonds is 4. The highest BCUT2D eigenvalue weighted by atomic mass is 32.2. The Morgan fingerprint density at radius 3 is 2.43 bits per heavy atom. The Labute approximate surface area is 129 Å². The highest BCUT2D eigenvalue weighted by Crippen LogP contribution is 2.28. The second-order valence-electron chi connectivity index (χ2n) is 5.83. The number of piperidine rings is 1. The van der Waals surface area contributed by atoms with Crippen LogP contribution >= 0.6 is 11.3 Å². The highest BCUT2D eigenvalue weighted by Gasteiger charge is 2.34. The van der Waals surface area contributed by atoms with Gasteiger partial charge in [0.1, 0.15) is 4.21 Å². The van der Waals surface area contributed by atoms with Gasteiger partial charge in [-0.15, -0.1) is 11.3 Å². The minimum Gasteiger partial charge on any atom is -0.353 e. The number of thiophene rings is 1. The van der Waals surface area contributed by atoms with E-state index in [1.807, 2.05) is 13.0 Å². The first-order valence-corrected chi connectivity index (χ1v) is 9.59. The number of amides is 1. The average Bonchev–Trinajstić information content (AvgIpc) is 3.16. The average molecular weight is 328 g/mol. The quantitative estimate of drug-likeness (QED) is 0.915. The molecule has 3 rings (SSSR count). The van der Waals surface area contributed by atoms with Gasteiger partial charge in [0.15, 0.2) is 0 Å². The summed E-state index contributed by atoms with van der Waals surface area (Å²) in [5, 5.41) is 3.01. The fourth-order valence-corrected chi connectivity index (χ4v) is 5.49. The lowest BCUT2D eigenvalue weighted by Crippen LogP contribution is -2.43. The smallest absolute Gasteiger partial charge is 0.252 e. The van der Waals surface area contributed by atoms with Crippen molar-refractivity contribution in [2.75, 3.05) is 13.1 Å². The zero-order valence-corrected chi connectivity index (χ0v) is 13.7. The fraction of sp³-hybridized carbons (Fsp3) is 0.643. The standard InChI is InChI=1S/C14H20N2O3S2/c1-10-2-5-13(20-10)21(18,19)16-8-6-11(7-9-16)14(17)15-12-3-4-12/h2,5,11-12H,3-4,6-9H2,1H3,(H,15,17). The molecule has 1 aliphatic carbocycles.